The van der Waals surface area contributed by atoms with E-state index >= 15 is 0 Å². The number of hydrogen-bond acceptors (Lipinski definition) is 3. The Balaban J connectivity index is 2.78. The van der Waals surface area contributed by atoms with E-state index in [1.165, 1.54) is 6.07 Å². The van der Waals surface area contributed by atoms with Gasteiger partial charge in [0.2, 0.25) is 0 Å². The maximum atomic E-state index is 11.8. The van der Waals surface area contributed by atoms with Crippen molar-refractivity contribution in [2.24, 2.45) is 0 Å². The smallest absolute Gasteiger partial charge is 0.405 e. The highest BCUT2D eigenvalue weighted by Crippen LogP contribution is 2.28. The van der Waals surface area contributed by atoms with Gasteiger partial charge in [0.05, 0.1) is 5.56 Å². The lowest BCUT2D eigenvalue weighted by Crippen LogP contribution is -2.33. The highest BCUT2D eigenvalue weighted by atomic mass is 19.4. The van der Waals surface area contributed by atoms with Crippen LogP contribution < -0.4 is 5.32 Å². The summed E-state index contributed by atoms with van der Waals surface area (Å²) in [5, 5.41) is 19.8. The second-order valence-corrected chi connectivity index (χ2v) is 2.97. The van der Waals surface area contributed by atoms with E-state index in [-0.39, 0.29) is 0 Å². The molecule has 4 nitrogen and oxygen atoms in total. The molecule has 0 saturated heterocycles. The fraction of sp³-hybridized carbons (Fsp3) is 0.222. The molecular weight excluding hydrogens is 227 g/mol. The minimum Gasteiger partial charge on any atom is -0.504 e. The van der Waals surface area contributed by atoms with Crippen molar-refractivity contribution in [1.29, 1.82) is 0 Å². The zero-order chi connectivity index (χ0) is 12.3. The van der Waals surface area contributed by atoms with Crippen LogP contribution in [0.25, 0.3) is 0 Å². The van der Waals surface area contributed by atoms with Gasteiger partial charge in [-0.05, 0) is 12.1 Å². The van der Waals surface area contributed by atoms with Crippen molar-refractivity contribution in [2.75, 3.05) is 6.54 Å². The van der Waals surface area contributed by atoms with Crippen molar-refractivity contribution in [3.8, 4) is 11.5 Å². The molecule has 1 aromatic carbocycles. The lowest BCUT2D eigenvalue weighted by atomic mass is 10.1. The Morgan fingerprint density at radius 3 is 2.50 bits per heavy atom. The molecule has 0 fully saturated rings. The first-order valence-electron chi connectivity index (χ1n) is 4.17. The Hall–Kier alpha value is -1.92. The number of amides is 1. The van der Waals surface area contributed by atoms with E-state index in [0.717, 1.165) is 12.1 Å². The van der Waals surface area contributed by atoms with Gasteiger partial charge < -0.3 is 15.5 Å². The lowest BCUT2D eigenvalue weighted by Gasteiger charge is -2.09. The molecule has 1 amide bonds. The summed E-state index contributed by atoms with van der Waals surface area (Å²) in [7, 11) is 0. The van der Waals surface area contributed by atoms with Gasteiger partial charge in [0.25, 0.3) is 5.91 Å². The van der Waals surface area contributed by atoms with E-state index in [9.17, 15) is 23.1 Å². The van der Waals surface area contributed by atoms with Crippen LogP contribution in [0.5, 0.6) is 11.5 Å². The number of nitrogens with one attached hydrogen (secondary N) is 1. The summed E-state index contributed by atoms with van der Waals surface area (Å²) in [4.78, 5) is 11.2. The van der Waals surface area contributed by atoms with Gasteiger partial charge in [0.15, 0.2) is 11.5 Å². The molecule has 16 heavy (non-hydrogen) atoms. The van der Waals surface area contributed by atoms with E-state index < -0.39 is 35.7 Å². The van der Waals surface area contributed by atoms with Crippen molar-refractivity contribution in [1.82, 2.24) is 5.32 Å². The van der Waals surface area contributed by atoms with Gasteiger partial charge in [-0.1, -0.05) is 6.07 Å². The summed E-state index contributed by atoms with van der Waals surface area (Å²) in [6.45, 7) is -1.50. The third kappa shape index (κ3) is 3.04. The largest absolute Gasteiger partial charge is 0.504 e. The standard InChI is InChI=1S/C9H8F3NO3/c10-9(11,12)4-13-8(16)5-2-1-3-6(14)7(5)15/h1-3,14-15H,4H2,(H,13,16). The molecule has 0 bridgehead atoms. The summed E-state index contributed by atoms with van der Waals surface area (Å²) >= 11 is 0. The lowest BCUT2D eigenvalue weighted by molar-refractivity contribution is -0.123. The van der Waals surface area contributed by atoms with Gasteiger partial charge in [-0.2, -0.15) is 13.2 Å². The quantitative estimate of drug-likeness (QED) is 0.678. The first-order valence-corrected chi connectivity index (χ1v) is 4.17. The van der Waals surface area contributed by atoms with Crippen LogP contribution in [0, 0.1) is 0 Å². The third-order valence-electron chi connectivity index (χ3n) is 1.71. The summed E-state index contributed by atoms with van der Waals surface area (Å²) < 4.78 is 35.4. The number of carbonyl (C=O) groups excluding carboxylic acids is 1. The summed E-state index contributed by atoms with van der Waals surface area (Å²) in [5.74, 6) is -2.42. The minimum absolute atomic E-state index is 0.413. The van der Waals surface area contributed by atoms with E-state index in [2.05, 4.69) is 0 Å². The number of aromatic hydroxyl groups is 2. The van der Waals surface area contributed by atoms with Crippen molar-refractivity contribution < 1.29 is 28.2 Å². The molecule has 0 aliphatic heterocycles. The SMILES string of the molecule is O=C(NCC(F)(F)F)c1cccc(O)c1O. The number of phenols is 2. The molecule has 1 rings (SSSR count). The highest BCUT2D eigenvalue weighted by molar-refractivity contribution is 5.97. The number of para-hydroxylation sites is 1. The van der Waals surface area contributed by atoms with Gasteiger partial charge in [0.1, 0.15) is 6.54 Å². The molecule has 0 atom stereocenters. The predicted octanol–water partition coefficient (Wildman–Crippen LogP) is 1.39. The Morgan fingerprint density at radius 2 is 1.94 bits per heavy atom. The van der Waals surface area contributed by atoms with Crippen LogP contribution >= 0.6 is 0 Å². The molecule has 88 valence electrons. The fourth-order valence-electron chi connectivity index (χ4n) is 0.990. The molecule has 0 unspecified atom stereocenters. The topological polar surface area (TPSA) is 69.6 Å². The van der Waals surface area contributed by atoms with E-state index in [1.807, 2.05) is 0 Å². The van der Waals surface area contributed by atoms with E-state index in [0.29, 0.717) is 0 Å². The van der Waals surface area contributed by atoms with Crippen molar-refractivity contribution in [3.05, 3.63) is 23.8 Å². The van der Waals surface area contributed by atoms with Gasteiger partial charge in [-0.25, -0.2) is 0 Å². The predicted molar refractivity (Wildman–Crippen MR) is 48.2 cm³/mol. The molecule has 0 heterocycles. The van der Waals surface area contributed by atoms with Gasteiger partial charge >= 0.3 is 6.18 Å². The van der Waals surface area contributed by atoms with E-state index in [4.69, 9.17) is 5.11 Å². The molecule has 0 saturated carbocycles. The van der Waals surface area contributed by atoms with Crippen LogP contribution in [0.2, 0.25) is 0 Å². The molecule has 0 aromatic heterocycles. The van der Waals surface area contributed by atoms with Crippen LogP contribution in [0.1, 0.15) is 10.4 Å². The second-order valence-electron chi connectivity index (χ2n) is 2.97. The zero-order valence-electron chi connectivity index (χ0n) is 7.88. The van der Waals surface area contributed by atoms with Gasteiger partial charge in [0, 0.05) is 0 Å². The summed E-state index contributed by atoms with van der Waals surface area (Å²) in [6, 6.07) is 3.44. The summed E-state index contributed by atoms with van der Waals surface area (Å²) in [6.07, 6.45) is -4.53. The van der Waals surface area contributed by atoms with Crippen LogP contribution in [0.3, 0.4) is 0 Å². The second kappa shape index (κ2) is 4.30. The number of rotatable bonds is 2. The number of alkyl halides is 3. The third-order valence-corrected chi connectivity index (χ3v) is 1.71. The average Bonchev–Trinajstić information content (AvgIpc) is 2.17. The molecule has 0 spiro atoms. The average molecular weight is 235 g/mol. The first-order chi connectivity index (χ1) is 7.31. The van der Waals surface area contributed by atoms with Crippen LogP contribution in [-0.2, 0) is 0 Å². The minimum atomic E-state index is -4.53. The van der Waals surface area contributed by atoms with Crippen molar-refractivity contribution >= 4 is 5.91 Å². The molecule has 0 aliphatic carbocycles. The maximum absolute atomic E-state index is 11.8. The number of carbonyl (C=O) groups is 1. The molecule has 0 aliphatic rings. The normalized spacial score (nSPS) is 11.2. The van der Waals surface area contributed by atoms with Crippen LogP contribution in [0.15, 0.2) is 18.2 Å². The highest BCUT2D eigenvalue weighted by Gasteiger charge is 2.28. The first kappa shape index (κ1) is 12.2. The van der Waals surface area contributed by atoms with Crippen molar-refractivity contribution in [3.63, 3.8) is 0 Å². The van der Waals surface area contributed by atoms with Gasteiger partial charge in [-0.15, -0.1) is 0 Å². The number of halogens is 3. The number of hydrogen-bond donors (Lipinski definition) is 3. The Labute approximate surface area is 88.3 Å². The zero-order valence-corrected chi connectivity index (χ0v) is 7.88. The fourth-order valence-corrected chi connectivity index (χ4v) is 0.990. The maximum Gasteiger partial charge on any atom is 0.405 e. The molecule has 1 aromatic rings. The van der Waals surface area contributed by atoms with Crippen molar-refractivity contribution in [2.45, 2.75) is 6.18 Å². The number of benzene rings is 1. The monoisotopic (exact) mass is 235 g/mol. The Morgan fingerprint density at radius 1 is 1.31 bits per heavy atom. The molecule has 3 N–H and O–H groups in total. The van der Waals surface area contributed by atoms with E-state index in [1.54, 1.807) is 5.32 Å². The molecular formula is C9H8F3NO3. The Kier molecular flexibility index (Phi) is 3.26. The van der Waals surface area contributed by atoms with Gasteiger partial charge in [-0.3, -0.25) is 4.79 Å². The van der Waals surface area contributed by atoms with Crippen LogP contribution in [-0.4, -0.2) is 28.8 Å². The number of phenolic OH excluding ortho intramolecular Hbond substituents is 2. The summed E-state index contributed by atoms with van der Waals surface area (Å²) in [5.41, 5.74) is -0.413. The Bertz CT molecular complexity index is 403. The van der Waals surface area contributed by atoms with Crippen LogP contribution in [0.4, 0.5) is 13.2 Å². The molecule has 7 heteroatoms. The molecule has 0 radical (unpaired) electrons.